The van der Waals surface area contributed by atoms with Gasteiger partial charge in [0.05, 0.1) is 5.69 Å². The molecule has 0 saturated carbocycles. The van der Waals surface area contributed by atoms with E-state index in [1.807, 2.05) is 12.1 Å². The van der Waals surface area contributed by atoms with Crippen molar-refractivity contribution in [3.05, 3.63) is 63.6 Å². The molecule has 0 spiro atoms. The fourth-order valence-corrected chi connectivity index (χ4v) is 1.48. The Bertz CT molecular complexity index is 502. The van der Waals surface area contributed by atoms with E-state index in [1.54, 1.807) is 6.07 Å². The summed E-state index contributed by atoms with van der Waals surface area (Å²) in [5, 5.41) is 6.41. The lowest BCUT2D eigenvalue weighted by molar-refractivity contribution is 0.907. The highest BCUT2D eigenvalue weighted by atomic mass is 79.9. The zero-order valence-corrected chi connectivity index (χ0v) is 10.6. The molecule has 0 bridgehead atoms. The van der Waals surface area contributed by atoms with E-state index < -0.39 is 0 Å². The lowest BCUT2D eigenvalue weighted by atomic mass is 10.0. The molecule has 0 aliphatic rings. The van der Waals surface area contributed by atoms with Crippen molar-refractivity contribution in [2.75, 3.05) is 0 Å². The average molecular weight is 281 g/mol. The Balaban J connectivity index is 0.00000128. The zero-order chi connectivity index (χ0) is 10.7. The second-order valence-electron chi connectivity index (χ2n) is 3.52. The van der Waals surface area contributed by atoms with E-state index in [1.165, 1.54) is 17.2 Å². The first-order chi connectivity index (χ1) is 7.25. The highest BCUT2D eigenvalue weighted by molar-refractivity contribution is 8.93. The molecule has 16 heavy (non-hydrogen) atoms. The molecule has 0 aliphatic heterocycles. The topological polar surface area (TPSA) is 45.8 Å². The third kappa shape index (κ3) is 3.03. The van der Waals surface area contributed by atoms with Crippen LogP contribution in [0.1, 0.15) is 16.8 Å². The average Bonchev–Trinajstić information content (AvgIpc) is 2.25. The molecule has 1 N–H and O–H groups in total. The predicted molar refractivity (Wildman–Crippen MR) is 69.2 cm³/mol. The Hall–Kier alpha value is -1.42. The normalized spacial score (nSPS) is 9.56. The third-order valence-corrected chi connectivity index (χ3v) is 2.37. The molecule has 3 nitrogen and oxygen atoms in total. The van der Waals surface area contributed by atoms with Crippen molar-refractivity contribution in [1.29, 1.82) is 0 Å². The lowest BCUT2D eigenvalue weighted by Gasteiger charge is -2.03. The molecule has 4 heteroatoms. The molecule has 0 amide bonds. The summed E-state index contributed by atoms with van der Waals surface area (Å²) in [6, 6.07) is 11.4. The minimum Gasteiger partial charge on any atom is -0.268 e. The van der Waals surface area contributed by atoms with E-state index in [2.05, 4.69) is 29.3 Å². The van der Waals surface area contributed by atoms with E-state index in [0.717, 1.165) is 12.1 Å². The van der Waals surface area contributed by atoms with E-state index in [9.17, 15) is 4.79 Å². The van der Waals surface area contributed by atoms with Crippen LogP contribution in [0.5, 0.6) is 0 Å². The van der Waals surface area contributed by atoms with Crippen LogP contribution in [0.25, 0.3) is 0 Å². The van der Waals surface area contributed by atoms with Gasteiger partial charge in [0, 0.05) is 12.5 Å². The van der Waals surface area contributed by atoms with Gasteiger partial charge in [0.15, 0.2) is 0 Å². The van der Waals surface area contributed by atoms with E-state index >= 15 is 0 Å². The molecule has 84 valence electrons. The highest BCUT2D eigenvalue weighted by Gasteiger charge is 2.00. The smallest absolute Gasteiger partial charge is 0.264 e. The maximum atomic E-state index is 10.8. The SMILES string of the molecule is Br.Cc1ccccc1Cc1ccc(=O)[nH]n1. The zero-order valence-electron chi connectivity index (χ0n) is 8.93. The molecule has 0 saturated heterocycles. The summed E-state index contributed by atoms with van der Waals surface area (Å²) >= 11 is 0. The highest BCUT2D eigenvalue weighted by Crippen LogP contribution is 2.10. The number of nitrogens with one attached hydrogen (secondary N) is 1. The number of rotatable bonds is 2. The monoisotopic (exact) mass is 280 g/mol. The number of aromatic nitrogens is 2. The summed E-state index contributed by atoms with van der Waals surface area (Å²) in [5.74, 6) is 0. The molecule has 0 atom stereocenters. The summed E-state index contributed by atoms with van der Waals surface area (Å²) in [5.41, 5.74) is 3.19. The largest absolute Gasteiger partial charge is 0.268 e. The van der Waals surface area contributed by atoms with Gasteiger partial charge in [-0.25, -0.2) is 5.10 Å². The van der Waals surface area contributed by atoms with Crippen molar-refractivity contribution in [3.8, 4) is 0 Å². The lowest BCUT2D eigenvalue weighted by Crippen LogP contribution is -2.08. The van der Waals surface area contributed by atoms with Crippen LogP contribution in [0.4, 0.5) is 0 Å². The molecule has 0 fully saturated rings. The van der Waals surface area contributed by atoms with Gasteiger partial charge in [0.1, 0.15) is 0 Å². The molecule has 2 rings (SSSR count). The molecule has 0 unspecified atom stereocenters. The minimum atomic E-state index is -0.163. The van der Waals surface area contributed by atoms with Crippen molar-refractivity contribution in [3.63, 3.8) is 0 Å². The van der Waals surface area contributed by atoms with E-state index in [0.29, 0.717) is 0 Å². The second kappa shape index (κ2) is 5.61. The number of benzene rings is 1. The standard InChI is InChI=1S/C12H12N2O.BrH/c1-9-4-2-3-5-10(9)8-11-6-7-12(15)14-13-11;/h2-7H,8H2,1H3,(H,14,15);1H. The number of aromatic amines is 1. The van der Waals surface area contributed by atoms with Gasteiger partial charge in [-0.3, -0.25) is 4.79 Å². The summed E-state index contributed by atoms with van der Waals surface area (Å²) in [7, 11) is 0. The Kier molecular flexibility index (Phi) is 4.43. The minimum absolute atomic E-state index is 0. The quantitative estimate of drug-likeness (QED) is 0.917. The maximum absolute atomic E-state index is 10.8. The number of hydrogen-bond donors (Lipinski definition) is 1. The van der Waals surface area contributed by atoms with Crippen LogP contribution in [0.3, 0.4) is 0 Å². The van der Waals surface area contributed by atoms with Crippen LogP contribution in [-0.4, -0.2) is 10.2 Å². The van der Waals surface area contributed by atoms with Crippen LogP contribution >= 0.6 is 17.0 Å². The van der Waals surface area contributed by atoms with Crippen LogP contribution in [0.15, 0.2) is 41.2 Å². The van der Waals surface area contributed by atoms with Gasteiger partial charge in [-0.15, -0.1) is 17.0 Å². The number of hydrogen-bond acceptors (Lipinski definition) is 2. The van der Waals surface area contributed by atoms with Gasteiger partial charge in [0.2, 0.25) is 0 Å². The third-order valence-electron chi connectivity index (χ3n) is 2.37. The van der Waals surface area contributed by atoms with Gasteiger partial charge >= 0.3 is 0 Å². The number of aryl methyl sites for hydroxylation is 1. The van der Waals surface area contributed by atoms with Gasteiger partial charge in [-0.05, 0) is 24.1 Å². The summed E-state index contributed by atoms with van der Waals surface area (Å²) in [4.78, 5) is 10.8. The summed E-state index contributed by atoms with van der Waals surface area (Å²) in [6.07, 6.45) is 0.753. The molecular formula is C12H13BrN2O. The van der Waals surface area contributed by atoms with Crippen LogP contribution in [0.2, 0.25) is 0 Å². The fourth-order valence-electron chi connectivity index (χ4n) is 1.48. The number of nitrogens with zero attached hydrogens (tertiary/aromatic N) is 1. The fraction of sp³-hybridized carbons (Fsp3) is 0.167. The number of halogens is 1. The molecule has 1 heterocycles. The summed E-state index contributed by atoms with van der Waals surface area (Å²) in [6.45, 7) is 2.07. The van der Waals surface area contributed by atoms with Crippen LogP contribution in [-0.2, 0) is 6.42 Å². The molecule has 0 aliphatic carbocycles. The molecule has 0 radical (unpaired) electrons. The van der Waals surface area contributed by atoms with Gasteiger partial charge in [0.25, 0.3) is 5.56 Å². The van der Waals surface area contributed by atoms with Crippen molar-refractivity contribution >= 4 is 17.0 Å². The Morgan fingerprint density at radius 3 is 2.56 bits per heavy atom. The first-order valence-corrected chi connectivity index (χ1v) is 4.85. The molecule has 1 aromatic heterocycles. The van der Waals surface area contributed by atoms with Gasteiger partial charge < -0.3 is 0 Å². The van der Waals surface area contributed by atoms with Crippen LogP contribution in [0, 0.1) is 6.92 Å². The Morgan fingerprint density at radius 1 is 1.19 bits per heavy atom. The molecule has 2 aromatic rings. The van der Waals surface area contributed by atoms with Crippen molar-refractivity contribution in [2.45, 2.75) is 13.3 Å². The van der Waals surface area contributed by atoms with E-state index in [-0.39, 0.29) is 22.5 Å². The Morgan fingerprint density at radius 2 is 1.94 bits per heavy atom. The van der Waals surface area contributed by atoms with Gasteiger partial charge in [-0.1, -0.05) is 24.3 Å². The first-order valence-electron chi connectivity index (χ1n) is 4.85. The Labute approximate surface area is 104 Å². The van der Waals surface area contributed by atoms with E-state index in [4.69, 9.17) is 0 Å². The van der Waals surface area contributed by atoms with Crippen molar-refractivity contribution in [1.82, 2.24) is 10.2 Å². The van der Waals surface area contributed by atoms with Crippen molar-refractivity contribution < 1.29 is 0 Å². The predicted octanol–water partition coefficient (Wildman–Crippen LogP) is 2.25. The molecule has 1 aromatic carbocycles. The van der Waals surface area contributed by atoms with Gasteiger partial charge in [-0.2, -0.15) is 5.10 Å². The molecular weight excluding hydrogens is 268 g/mol. The first kappa shape index (κ1) is 12.6. The second-order valence-corrected chi connectivity index (χ2v) is 3.52. The van der Waals surface area contributed by atoms with Crippen molar-refractivity contribution in [2.24, 2.45) is 0 Å². The maximum Gasteiger partial charge on any atom is 0.264 e. The van der Waals surface area contributed by atoms with Crippen LogP contribution < -0.4 is 5.56 Å². The number of H-pyrrole nitrogens is 1. The summed E-state index contributed by atoms with van der Waals surface area (Å²) < 4.78 is 0.